The average Bonchev–Trinajstić information content (AvgIpc) is 3.09. The normalized spacial score (nSPS) is 14.4. The monoisotopic (exact) mass is 433 g/mol. The lowest BCUT2D eigenvalue weighted by Gasteiger charge is -2.21. The van der Waals surface area contributed by atoms with Gasteiger partial charge >= 0.3 is 0 Å². The van der Waals surface area contributed by atoms with Gasteiger partial charge in [-0.2, -0.15) is 4.31 Å². The van der Waals surface area contributed by atoms with Crippen LogP contribution in [0, 0.1) is 12.7 Å². The number of hydrogen-bond acceptors (Lipinski definition) is 4. The molecule has 2 amide bonds. The first-order valence-electron chi connectivity index (χ1n) is 9.54. The van der Waals surface area contributed by atoms with Gasteiger partial charge in [0.05, 0.1) is 12.8 Å². The van der Waals surface area contributed by atoms with E-state index >= 15 is 0 Å². The number of nitrogens with zero attached hydrogens (tertiary/aromatic N) is 2. The molecule has 1 aliphatic heterocycles. The number of rotatable bonds is 7. The molecule has 1 fully saturated rings. The molecule has 160 valence electrons. The lowest BCUT2D eigenvalue weighted by atomic mass is 10.1. The quantitative estimate of drug-likeness (QED) is 0.727. The highest BCUT2D eigenvalue weighted by Gasteiger charge is 2.24. The van der Waals surface area contributed by atoms with Gasteiger partial charge in [-0.1, -0.05) is 24.3 Å². The molecule has 1 heterocycles. The number of anilines is 2. The van der Waals surface area contributed by atoms with Crippen molar-refractivity contribution in [2.45, 2.75) is 26.3 Å². The van der Waals surface area contributed by atoms with Gasteiger partial charge in [-0.15, -0.1) is 0 Å². The van der Waals surface area contributed by atoms with Crippen molar-refractivity contribution in [3.05, 3.63) is 59.4 Å². The van der Waals surface area contributed by atoms with E-state index in [4.69, 9.17) is 0 Å². The first-order valence-corrected chi connectivity index (χ1v) is 11.4. The number of carbonyl (C=O) groups is 2. The van der Waals surface area contributed by atoms with Gasteiger partial charge in [0.2, 0.25) is 21.8 Å². The number of sulfonamides is 1. The van der Waals surface area contributed by atoms with Crippen LogP contribution < -0.4 is 10.2 Å². The van der Waals surface area contributed by atoms with Crippen molar-refractivity contribution >= 4 is 33.2 Å². The summed E-state index contributed by atoms with van der Waals surface area (Å²) in [5, 5.41) is 2.67. The largest absolute Gasteiger partial charge is 0.325 e. The van der Waals surface area contributed by atoms with Crippen molar-refractivity contribution in [2.24, 2.45) is 0 Å². The molecule has 2 aromatic rings. The maximum atomic E-state index is 13.9. The Morgan fingerprint density at radius 3 is 2.60 bits per heavy atom. The van der Waals surface area contributed by atoms with Crippen molar-refractivity contribution in [3.63, 3.8) is 0 Å². The SMILES string of the molecule is Cc1ccc(NC(=O)CN(Cc2ccccc2F)S(C)(=O)=O)cc1N1CCCC1=O. The first kappa shape index (κ1) is 21.9. The van der Waals surface area contributed by atoms with Crippen LogP contribution >= 0.6 is 0 Å². The van der Waals surface area contributed by atoms with Crippen LogP contribution in [0.15, 0.2) is 42.5 Å². The number of hydrogen-bond donors (Lipinski definition) is 1. The number of benzene rings is 2. The second-order valence-electron chi connectivity index (χ2n) is 7.32. The molecular formula is C21H24FN3O4S. The smallest absolute Gasteiger partial charge is 0.239 e. The maximum Gasteiger partial charge on any atom is 0.239 e. The third-order valence-electron chi connectivity index (χ3n) is 4.95. The Morgan fingerprint density at radius 2 is 1.97 bits per heavy atom. The first-order chi connectivity index (χ1) is 14.1. The summed E-state index contributed by atoms with van der Waals surface area (Å²) in [6.07, 6.45) is 2.26. The van der Waals surface area contributed by atoms with Gasteiger partial charge in [0.1, 0.15) is 5.82 Å². The molecule has 2 aromatic carbocycles. The molecule has 3 rings (SSSR count). The van der Waals surface area contributed by atoms with E-state index in [-0.39, 0.29) is 18.0 Å². The maximum absolute atomic E-state index is 13.9. The van der Waals surface area contributed by atoms with Crippen LogP contribution in [0.3, 0.4) is 0 Å². The van der Waals surface area contributed by atoms with Gasteiger partial charge in [-0.3, -0.25) is 9.59 Å². The molecular weight excluding hydrogens is 409 g/mol. The van der Waals surface area contributed by atoms with Crippen molar-refractivity contribution in [2.75, 3.05) is 29.6 Å². The average molecular weight is 434 g/mol. The molecule has 0 aromatic heterocycles. The highest BCUT2D eigenvalue weighted by Crippen LogP contribution is 2.28. The summed E-state index contributed by atoms with van der Waals surface area (Å²) >= 11 is 0. The Hall–Kier alpha value is -2.78. The molecule has 0 saturated carbocycles. The highest BCUT2D eigenvalue weighted by molar-refractivity contribution is 7.88. The van der Waals surface area contributed by atoms with Crippen molar-refractivity contribution in [1.29, 1.82) is 0 Å². The number of aryl methyl sites for hydroxylation is 1. The van der Waals surface area contributed by atoms with Crippen LogP contribution in [0.25, 0.3) is 0 Å². The second-order valence-corrected chi connectivity index (χ2v) is 9.30. The van der Waals surface area contributed by atoms with Crippen LogP contribution in [0.1, 0.15) is 24.0 Å². The van der Waals surface area contributed by atoms with Gasteiger partial charge in [0, 0.05) is 36.4 Å². The van der Waals surface area contributed by atoms with E-state index in [0.29, 0.717) is 18.7 Å². The minimum atomic E-state index is -3.75. The molecule has 1 aliphatic rings. The van der Waals surface area contributed by atoms with Crippen LogP contribution in [0.5, 0.6) is 0 Å². The Balaban J connectivity index is 1.74. The Labute approximate surface area is 175 Å². The van der Waals surface area contributed by atoms with Crippen molar-refractivity contribution < 1.29 is 22.4 Å². The Kier molecular flexibility index (Phi) is 6.52. The number of carbonyl (C=O) groups excluding carboxylic acids is 2. The number of amides is 2. The molecule has 0 aliphatic carbocycles. The zero-order chi connectivity index (χ0) is 21.9. The Morgan fingerprint density at radius 1 is 1.23 bits per heavy atom. The van der Waals surface area contributed by atoms with Gasteiger partial charge in [0.25, 0.3) is 0 Å². The van der Waals surface area contributed by atoms with Gasteiger partial charge < -0.3 is 10.2 Å². The molecule has 9 heteroatoms. The minimum absolute atomic E-state index is 0.0368. The van der Waals surface area contributed by atoms with E-state index in [1.165, 1.54) is 18.2 Å². The minimum Gasteiger partial charge on any atom is -0.325 e. The lowest BCUT2D eigenvalue weighted by Crippen LogP contribution is -2.37. The molecule has 0 bridgehead atoms. The van der Waals surface area contributed by atoms with E-state index in [2.05, 4.69) is 5.32 Å². The van der Waals surface area contributed by atoms with E-state index in [0.717, 1.165) is 28.2 Å². The molecule has 0 spiro atoms. The topological polar surface area (TPSA) is 86.8 Å². The van der Waals surface area contributed by atoms with Crippen LogP contribution in [-0.4, -0.2) is 43.9 Å². The zero-order valence-electron chi connectivity index (χ0n) is 16.9. The fourth-order valence-corrected chi connectivity index (χ4v) is 4.07. The van der Waals surface area contributed by atoms with E-state index in [9.17, 15) is 22.4 Å². The Bertz CT molecular complexity index is 1070. The van der Waals surface area contributed by atoms with Crippen molar-refractivity contribution in [1.82, 2.24) is 4.31 Å². The standard InChI is InChI=1S/C21H24FN3O4S/c1-15-9-10-17(12-19(15)25-11-5-8-21(25)27)23-20(26)14-24(30(2,28)29)13-16-6-3-4-7-18(16)22/h3-4,6-7,9-10,12H,5,8,11,13-14H2,1-2H3,(H,23,26). The summed E-state index contributed by atoms with van der Waals surface area (Å²) in [4.78, 5) is 26.3. The molecule has 30 heavy (non-hydrogen) atoms. The summed E-state index contributed by atoms with van der Waals surface area (Å²) in [6, 6.07) is 11.0. The third-order valence-corrected chi connectivity index (χ3v) is 6.15. The fourth-order valence-electron chi connectivity index (χ4n) is 3.35. The molecule has 0 radical (unpaired) electrons. The van der Waals surface area contributed by atoms with Gasteiger partial charge in [0.15, 0.2) is 0 Å². The summed E-state index contributed by atoms with van der Waals surface area (Å²) in [6.45, 7) is 1.80. The molecule has 1 saturated heterocycles. The zero-order valence-corrected chi connectivity index (χ0v) is 17.7. The summed E-state index contributed by atoms with van der Waals surface area (Å²) in [5.41, 5.74) is 2.27. The molecule has 0 atom stereocenters. The predicted octanol–water partition coefficient (Wildman–Crippen LogP) is 2.66. The van der Waals surface area contributed by atoms with Crippen molar-refractivity contribution in [3.8, 4) is 0 Å². The fraction of sp³-hybridized carbons (Fsp3) is 0.333. The number of nitrogens with one attached hydrogen (secondary N) is 1. The van der Waals surface area contributed by atoms with Crippen LogP contribution in [0.4, 0.5) is 15.8 Å². The van der Waals surface area contributed by atoms with Gasteiger partial charge in [-0.25, -0.2) is 12.8 Å². The predicted molar refractivity (Wildman–Crippen MR) is 113 cm³/mol. The molecule has 7 nitrogen and oxygen atoms in total. The highest BCUT2D eigenvalue weighted by atomic mass is 32.2. The summed E-state index contributed by atoms with van der Waals surface area (Å²) in [5.74, 6) is -1.06. The summed E-state index contributed by atoms with van der Waals surface area (Å²) < 4.78 is 39.1. The molecule has 1 N–H and O–H groups in total. The second kappa shape index (κ2) is 8.93. The number of halogens is 1. The van der Waals surface area contributed by atoms with Crippen LogP contribution in [-0.2, 0) is 26.2 Å². The van der Waals surface area contributed by atoms with E-state index < -0.39 is 28.3 Å². The van der Waals surface area contributed by atoms with E-state index in [1.807, 2.05) is 6.92 Å². The summed E-state index contributed by atoms with van der Waals surface area (Å²) in [7, 11) is -3.75. The third kappa shape index (κ3) is 5.22. The van der Waals surface area contributed by atoms with Gasteiger partial charge in [-0.05, 0) is 37.1 Å². The molecule has 0 unspecified atom stereocenters. The lowest BCUT2D eigenvalue weighted by molar-refractivity contribution is -0.117. The van der Waals surface area contributed by atoms with Crippen LogP contribution in [0.2, 0.25) is 0 Å². The van der Waals surface area contributed by atoms with E-state index in [1.54, 1.807) is 29.2 Å².